The molecule has 0 radical (unpaired) electrons. The monoisotopic (exact) mass is 339 g/mol. The van der Waals surface area contributed by atoms with Crippen LogP contribution in [-0.4, -0.2) is 36.4 Å². The average molecular weight is 339 g/mol. The molecule has 2 rings (SSSR count). The second-order valence-corrected chi connectivity index (χ2v) is 8.22. The summed E-state index contributed by atoms with van der Waals surface area (Å²) in [7, 11) is -3.50. The van der Waals surface area contributed by atoms with Crippen LogP contribution in [-0.2, 0) is 19.4 Å². The maximum atomic E-state index is 12.3. The highest BCUT2D eigenvalue weighted by Gasteiger charge is 2.37. The predicted octanol–water partition coefficient (Wildman–Crippen LogP) is 1.51. The fraction of sp³-hybridized carbons (Fsp3) is 0.500. The molecule has 2 atom stereocenters. The van der Waals surface area contributed by atoms with E-state index in [9.17, 15) is 23.1 Å². The van der Waals surface area contributed by atoms with Crippen molar-refractivity contribution < 1.29 is 23.1 Å². The highest BCUT2D eigenvalue weighted by Crippen LogP contribution is 2.24. The maximum absolute atomic E-state index is 12.3. The lowest BCUT2D eigenvalue weighted by Gasteiger charge is -2.24. The highest BCUT2D eigenvalue weighted by atomic mass is 32.2. The predicted molar refractivity (Wildman–Crippen MR) is 85.9 cm³/mol. The molecule has 0 aromatic heterocycles. The van der Waals surface area contributed by atoms with Gasteiger partial charge in [0.15, 0.2) is 15.9 Å². The average Bonchev–Trinajstić information content (AvgIpc) is 2.47. The molecule has 1 aliphatic heterocycles. The Labute approximate surface area is 135 Å². The van der Waals surface area contributed by atoms with Crippen molar-refractivity contribution in [1.29, 1.82) is 0 Å². The van der Waals surface area contributed by atoms with Crippen molar-refractivity contribution in [2.24, 2.45) is 0 Å². The number of aryl methyl sites for hydroxylation is 1. The van der Waals surface area contributed by atoms with Gasteiger partial charge in [-0.15, -0.1) is 0 Å². The second kappa shape index (κ2) is 6.70. The molecule has 0 bridgehead atoms. The van der Waals surface area contributed by atoms with Gasteiger partial charge in [0, 0.05) is 0 Å². The van der Waals surface area contributed by atoms with Crippen molar-refractivity contribution in [2.75, 3.05) is 5.75 Å². The first-order valence-electron chi connectivity index (χ1n) is 7.55. The zero-order valence-corrected chi connectivity index (χ0v) is 14.0. The molecule has 1 heterocycles. The zero-order valence-electron chi connectivity index (χ0n) is 13.2. The Balaban J connectivity index is 2.28. The normalized spacial score (nSPS) is 21.4. The molecule has 1 aliphatic rings. The summed E-state index contributed by atoms with van der Waals surface area (Å²) in [6, 6.07) is 3.96. The molecule has 1 saturated heterocycles. The third-order valence-electron chi connectivity index (χ3n) is 4.36. The zero-order chi connectivity index (χ0) is 17.2. The minimum absolute atomic E-state index is 0.0215. The molecule has 0 aliphatic carbocycles. The van der Waals surface area contributed by atoms with Gasteiger partial charge in [0.2, 0.25) is 5.91 Å². The molecule has 7 heteroatoms. The molecular weight excluding hydrogens is 318 g/mol. The van der Waals surface area contributed by atoms with Crippen LogP contribution in [0.15, 0.2) is 18.2 Å². The molecule has 126 valence electrons. The van der Waals surface area contributed by atoms with E-state index in [1.165, 1.54) is 0 Å². The molecule has 1 fully saturated rings. The number of rotatable bonds is 4. The lowest BCUT2D eigenvalue weighted by atomic mass is 9.97. The molecule has 1 aromatic rings. The third-order valence-corrected chi connectivity index (χ3v) is 6.54. The van der Waals surface area contributed by atoms with Crippen molar-refractivity contribution in [3.05, 3.63) is 34.9 Å². The number of sulfone groups is 1. The maximum Gasteiger partial charge on any atom is 0.330 e. The first-order valence-corrected chi connectivity index (χ1v) is 9.26. The highest BCUT2D eigenvalue weighted by molar-refractivity contribution is 7.92. The van der Waals surface area contributed by atoms with E-state index in [0.29, 0.717) is 18.4 Å². The van der Waals surface area contributed by atoms with E-state index >= 15 is 0 Å². The van der Waals surface area contributed by atoms with Crippen molar-refractivity contribution in [3.63, 3.8) is 0 Å². The van der Waals surface area contributed by atoms with Crippen LogP contribution in [0.4, 0.5) is 0 Å². The number of benzene rings is 1. The summed E-state index contributed by atoms with van der Waals surface area (Å²) in [4.78, 5) is 23.9. The van der Waals surface area contributed by atoms with Gasteiger partial charge in [-0.3, -0.25) is 4.79 Å². The number of amides is 1. The second-order valence-electron chi connectivity index (χ2n) is 5.92. The lowest BCUT2D eigenvalue weighted by molar-refractivity contribution is -0.142. The quantitative estimate of drug-likeness (QED) is 0.866. The molecule has 6 nitrogen and oxygen atoms in total. The number of nitrogens with one attached hydrogen (secondary N) is 1. The van der Waals surface area contributed by atoms with E-state index in [0.717, 1.165) is 11.1 Å². The van der Waals surface area contributed by atoms with Crippen LogP contribution in [0, 0.1) is 13.8 Å². The van der Waals surface area contributed by atoms with Crippen LogP contribution < -0.4 is 5.32 Å². The van der Waals surface area contributed by atoms with Gasteiger partial charge in [-0.05, 0) is 43.4 Å². The van der Waals surface area contributed by atoms with Gasteiger partial charge < -0.3 is 10.4 Å². The third kappa shape index (κ3) is 3.72. The number of carbonyl (C=O) groups excluding carboxylic acids is 1. The lowest BCUT2D eigenvalue weighted by Crippen LogP contribution is -2.45. The van der Waals surface area contributed by atoms with Gasteiger partial charge in [0.1, 0.15) is 5.25 Å². The number of aliphatic carboxylic acids is 1. The number of carbonyl (C=O) groups is 2. The summed E-state index contributed by atoms with van der Waals surface area (Å²) < 4.78 is 24.0. The van der Waals surface area contributed by atoms with Gasteiger partial charge in [-0.25, -0.2) is 13.2 Å². The van der Waals surface area contributed by atoms with Crippen LogP contribution in [0.5, 0.6) is 0 Å². The molecule has 0 spiro atoms. The molecule has 2 unspecified atom stereocenters. The van der Waals surface area contributed by atoms with Gasteiger partial charge in [-0.1, -0.05) is 24.6 Å². The van der Waals surface area contributed by atoms with Crippen LogP contribution in [0.1, 0.15) is 42.0 Å². The standard InChI is InChI=1S/C16H21NO5S/c1-10-6-5-7-12(11(10)2)14(16(19)20)17-15(18)13-8-3-4-9-23(13,21)22/h5-7,13-14H,3-4,8-9H2,1-2H3,(H,17,18)(H,19,20). The molecule has 23 heavy (non-hydrogen) atoms. The summed E-state index contributed by atoms with van der Waals surface area (Å²) in [6.45, 7) is 3.63. The topological polar surface area (TPSA) is 101 Å². The van der Waals surface area contributed by atoms with Crippen LogP contribution in [0.2, 0.25) is 0 Å². The molecule has 1 aromatic carbocycles. The Morgan fingerprint density at radius 3 is 2.57 bits per heavy atom. The summed E-state index contributed by atoms with van der Waals surface area (Å²) in [5, 5.41) is 10.7. The molecule has 0 saturated carbocycles. The van der Waals surface area contributed by atoms with Crippen LogP contribution in [0.25, 0.3) is 0 Å². The Morgan fingerprint density at radius 2 is 1.96 bits per heavy atom. The molecular formula is C16H21NO5S. The van der Waals surface area contributed by atoms with E-state index in [-0.39, 0.29) is 12.2 Å². The van der Waals surface area contributed by atoms with E-state index in [2.05, 4.69) is 5.32 Å². The number of carboxylic acid groups (broad SMARTS) is 1. The Morgan fingerprint density at radius 1 is 1.26 bits per heavy atom. The molecule has 2 N–H and O–H groups in total. The Hall–Kier alpha value is -1.89. The van der Waals surface area contributed by atoms with Crippen molar-refractivity contribution in [2.45, 2.75) is 44.4 Å². The van der Waals surface area contributed by atoms with Gasteiger partial charge >= 0.3 is 5.97 Å². The van der Waals surface area contributed by atoms with E-state index in [1.807, 2.05) is 13.0 Å². The summed E-state index contributed by atoms with van der Waals surface area (Å²) >= 11 is 0. The number of carboxylic acids is 1. The Kier molecular flexibility index (Phi) is 5.09. The summed E-state index contributed by atoms with van der Waals surface area (Å²) in [5.74, 6) is -1.95. The fourth-order valence-corrected chi connectivity index (χ4v) is 4.65. The van der Waals surface area contributed by atoms with Crippen LogP contribution >= 0.6 is 0 Å². The fourth-order valence-electron chi connectivity index (χ4n) is 2.84. The van der Waals surface area contributed by atoms with Crippen molar-refractivity contribution in [3.8, 4) is 0 Å². The number of hydrogen-bond acceptors (Lipinski definition) is 4. The Bertz CT molecular complexity index is 726. The SMILES string of the molecule is Cc1cccc(C(NC(=O)C2CCCCS2(=O)=O)C(=O)O)c1C. The molecule has 1 amide bonds. The summed E-state index contributed by atoms with van der Waals surface area (Å²) in [6.07, 6.45) is 1.44. The van der Waals surface area contributed by atoms with Crippen LogP contribution in [0.3, 0.4) is 0 Å². The minimum Gasteiger partial charge on any atom is -0.479 e. The first-order chi connectivity index (χ1) is 10.7. The van der Waals surface area contributed by atoms with Crippen molar-refractivity contribution >= 4 is 21.7 Å². The van der Waals surface area contributed by atoms with Crippen molar-refractivity contribution in [1.82, 2.24) is 5.32 Å². The summed E-state index contributed by atoms with van der Waals surface area (Å²) in [5.41, 5.74) is 2.15. The smallest absolute Gasteiger partial charge is 0.330 e. The number of hydrogen-bond donors (Lipinski definition) is 2. The van der Waals surface area contributed by atoms with E-state index < -0.39 is 33.0 Å². The minimum atomic E-state index is -3.50. The van der Waals surface area contributed by atoms with Gasteiger partial charge in [0.25, 0.3) is 0 Å². The van der Waals surface area contributed by atoms with Gasteiger partial charge in [-0.2, -0.15) is 0 Å². The van der Waals surface area contributed by atoms with E-state index in [1.54, 1.807) is 19.1 Å². The van der Waals surface area contributed by atoms with Gasteiger partial charge in [0.05, 0.1) is 5.75 Å². The first kappa shape index (κ1) is 17.5. The van der Waals surface area contributed by atoms with E-state index in [4.69, 9.17) is 0 Å². The largest absolute Gasteiger partial charge is 0.479 e.